The van der Waals surface area contributed by atoms with Gasteiger partial charge in [-0.05, 0) is 88.4 Å². The Balaban J connectivity index is 1.41. The first-order chi connectivity index (χ1) is 15.7. The van der Waals surface area contributed by atoms with Gasteiger partial charge in [0.05, 0.1) is 11.6 Å². The van der Waals surface area contributed by atoms with E-state index in [1.807, 2.05) is 17.9 Å². The number of carbonyl (C=O) groups is 2. The molecule has 2 aromatic rings. The maximum absolute atomic E-state index is 13.2. The number of rotatable bonds is 5. The lowest BCUT2D eigenvalue weighted by Gasteiger charge is -2.40. The fourth-order valence-corrected chi connectivity index (χ4v) is 5.13. The maximum Gasteiger partial charge on any atom is 0.263 e. The molecular formula is C26H28ClN3O3. The summed E-state index contributed by atoms with van der Waals surface area (Å²) >= 11 is 6.02. The number of benzene rings is 2. The lowest BCUT2D eigenvalue weighted by Crippen LogP contribution is -2.56. The Hall–Kier alpha value is -3.04. The molecule has 2 fully saturated rings. The Labute approximate surface area is 199 Å². The number of nitrogens with zero attached hydrogens (tertiary/aromatic N) is 2. The highest BCUT2D eigenvalue weighted by Crippen LogP contribution is 2.37. The van der Waals surface area contributed by atoms with E-state index in [0.717, 1.165) is 18.4 Å². The molecule has 2 atom stereocenters. The zero-order valence-electron chi connectivity index (χ0n) is 19.1. The molecule has 2 aromatic carbocycles. The van der Waals surface area contributed by atoms with E-state index in [1.54, 1.807) is 50.2 Å². The molecule has 33 heavy (non-hydrogen) atoms. The van der Waals surface area contributed by atoms with Crippen LogP contribution in [0.25, 0.3) is 0 Å². The highest BCUT2D eigenvalue weighted by atomic mass is 35.5. The van der Waals surface area contributed by atoms with Crippen LogP contribution in [0.1, 0.15) is 61.0 Å². The van der Waals surface area contributed by atoms with Crippen LogP contribution in [0.5, 0.6) is 5.75 Å². The monoisotopic (exact) mass is 465 g/mol. The molecular weight excluding hydrogens is 438 g/mol. The molecule has 2 aliphatic rings. The number of halogens is 1. The molecule has 1 N–H and O–H groups in total. The lowest BCUT2D eigenvalue weighted by atomic mass is 9.95. The summed E-state index contributed by atoms with van der Waals surface area (Å²) in [6.45, 7) is 5.41. The normalized spacial score (nSPS) is 21.9. The van der Waals surface area contributed by atoms with Gasteiger partial charge in [0, 0.05) is 28.7 Å². The van der Waals surface area contributed by atoms with E-state index in [-0.39, 0.29) is 29.9 Å². The average Bonchev–Trinajstić information content (AvgIpc) is 3.05. The Bertz CT molecular complexity index is 1110. The first-order valence-corrected chi connectivity index (χ1v) is 11.6. The Morgan fingerprint density at radius 2 is 1.85 bits per heavy atom. The fourth-order valence-electron chi connectivity index (χ4n) is 4.91. The van der Waals surface area contributed by atoms with E-state index in [4.69, 9.17) is 21.6 Å². The molecule has 0 aliphatic carbocycles. The van der Waals surface area contributed by atoms with Crippen LogP contribution in [0.3, 0.4) is 0 Å². The summed E-state index contributed by atoms with van der Waals surface area (Å²) in [7, 11) is 0. The van der Waals surface area contributed by atoms with E-state index in [1.165, 1.54) is 0 Å². The smallest absolute Gasteiger partial charge is 0.263 e. The van der Waals surface area contributed by atoms with Crippen LogP contribution in [0.15, 0.2) is 42.5 Å². The minimum atomic E-state index is -1.05. The van der Waals surface area contributed by atoms with Crippen molar-refractivity contribution in [3.05, 3.63) is 64.2 Å². The minimum absolute atomic E-state index is 0.0151. The van der Waals surface area contributed by atoms with Gasteiger partial charge in [0.25, 0.3) is 11.8 Å². The summed E-state index contributed by atoms with van der Waals surface area (Å²) in [5, 5.41) is 12.9. The second-order valence-electron chi connectivity index (χ2n) is 9.45. The zero-order chi connectivity index (χ0) is 23.8. The van der Waals surface area contributed by atoms with Crippen molar-refractivity contribution in [2.24, 2.45) is 0 Å². The van der Waals surface area contributed by atoms with Gasteiger partial charge in [0.1, 0.15) is 5.75 Å². The molecule has 6 nitrogen and oxygen atoms in total. The number of amides is 2. The summed E-state index contributed by atoms with van der Waals surface area (Å²) < 4.78 is 6.04. The predicted octanol–water partition coefficient (Wildman–Crippen LogP) is 4.63. The van der Waals surface area contributed by atoms with Crippen LogP contribution >= 0.6 is 11.6 Å². The Morgan fingerprint density at radius 3 is 2.48 bits per heavy atom. The van der Waals surface area contributed by atoms with Crippen molar-refractivity contribution in [1.82, 2.24) is 10.2 Å². The third kappa shape index (κ3) is 4.84. The van der Waals surface area contributed by atoms with Crippen LogP contribution in [0, 0.1) is 18.3 Å². The number of ether oxygens (including phenoxy) is 1. The lowest BCUT2D eigenvalue weighted by molar-refractivity contribution is -0.135. The third-order valence-corrected chi connectivity index (χ3v) is 6.83. The van der Waals surface area contributed by atoms with Gasteiger partial charge in [0.15, 0.2) is 5.60 Å². The molecule has 2 unspecified atom stereocenters. The molecule has 0 spiro atoms. The van der Waals surface area contributed by atoms with E-state index < -0.39 is 5.60 Å². The van der Waals surface area contributed by atoms with Crippen molar-refractivity contribution in [3.63, 3.8) is 0 Å². The van der Waals surface area contributed by atoms with Gasteiger partial charge in [-0.25, -0.2) is 0 Å². The molecule has 2 aliphatic heterocycles. The molecule has 172 valence electrons. The molecule has 2 heterocycles. The summed E-state index contributed by atoms with van der Waals surface area (Å²) in [4.78, 5) is 28.2. The van der Waals surface area contributed by atoms with Gasteiger partial charge in [-0.3, -0.25) is 9.59 Å². The van der Waals surface area contributed by atoms with Crippen LogP contribution in [-0.4, -0.2) is 40.4 Å². The number of piperidine rings is 1. The predicted molar refractivity (Wildman–Crippen MR) is 126 cm³/mol. The number of hydrogen-bond acceptors (Lipinski definition) is 4. The standard InChI is InChI=1S/C26H28ClN3O3/c1-16-11-19(27)7-10-23(16)33-26(2,3)25(32)29-20-13-21-8-9-22(14-20)30(21)24(31)18-6-4-5-17(12-18)15-28/h4-7,10-12,20-22H,8-9,13-14H2,1-3H3,(H,29,32). The van der Waals surface area contributed by atoms with Gasteiger partial charge in [-0.15, -0.1) is 0 Å². The van der Waals surface area contributed by atoms with Gasteiger partial charge in [-0.2, -0.15) is 5.26 Å². The molecule has 2 amide bonds. The Kier molecular flexibility index (Phi) is 6.36. The Morgan fingerprint density at radius 1 is 1.15 bits per heavy atom. The number of fused-ring (bicyclic) bond motifs is 2. The van der Waals surface area contributed by atoms with Crippen molar-refractivity contribution in [2.45, 2.75) is 70.2 Å². The van der Waals surface area contributed by atoms with Crippen LogP contribution < -0.4 is 10.1 Å². The highest BCUT2D eigenvalue weighted by Gasteiger charge is 2.44. The summed E-state index contributed by atoms with van der Waals surface area (Å²) in [6, 6.07) is 14.4. The molecule has 0 radical (unpaired) electrons. The van der Waals surface area contributed by atoms with Crippen molar-refractivity contribution < 1.29 is 14.3 Å². The fraction of sp³-hybridized carbons (Fsp3) is 0.423. The zero-order valence-corrected chi connectivity index (χ0v) is 19.9. The van der Waals surface area contributed by atoms with Crippen molar-refractivity contribution >= 4 is 23.4 Å². The molecule has 0 aromatic heterocycles. The second-order valence-corrected chi connectivity index (χ2v) is 9.89. The first-order valence-electron chi connectivity index (χ1n) is 11.3. The van der Waals surface area contributed by atoms with E-state index in [2.05, 4.69) is 11.4 Å². The topological polar surface area (TPSA) is 82.4 Å². The number of nitriles is 1. The van der Waals surface area contributed by atoms with Gasteiger partial charge >= 0.3 is 0 Å². The minimum Gasteiger partial charge on any atom is -0.478 e. The molecule has 4 rings (SSSR count). The molecule has 2 bridgehead atoms. The average molecular weight is 466 g/mol. The molecule has 2 saturated heterocycles. The summed E-state index contributed by atoms with van der Waals surface area (Å²) in [5.74, 6) is 0.411. The van der Waals surface area contributed by atoms with Gasteiger partial charge < -0.3 is 15.0 Å². The number of aryl methyl sites for hydroxylation is 1. The van der Waals surface area contributed by atoms with E-state index >= 15 is 0 Å². The van der Waals surface area contributed by atoms with Crippen LogP contribution in [0.2, 0.25) is 5.02 Å². The number of carbonyl (C=O) groups excluding carboxylic acids is 2. The van der Waals surface area contributed by atoms with Gasteiger partial charge in [0.2, 0.25) is 0 Å². The van der Waals surface area contributed by atoms with E-state index in [0.29, 0.717) is 34.7 Å². The van der Waals surface area contributed by atoms with Crippen molar-refractivity contribution in [2.75, 3.05) is 0 Å². The SMILES string of the molecule is Cc1cc(Cl)ccc1OC(C)(C)C(=O)NC1CC2CCC(C1)N2C(=O)c1cccc(C#N)c1. The quantitative estimate of drug-likeness (QED) is 0.697. The second kappa shape index (κ2) is 9.07. The largest absolute Gasteiger partial charge is 0.478 e. The summed E-state index contributed by atoms with van der Waals surface area (Å²) in [5.41, 5.74) is 0.839. The summed E-state index contributed by atoms with van der Waals surface area (Å²) in [6.07, 6.45) is 3.26. The molecule has 0 saturated carbocycles. The first kappa shape index (κ1) is 23.1. The van der Waals surface area contributed by atoms with Crippen LogP contribution in [0.4, 0.5) is 0 Å². The van der Waals surface area contributed by atoms with Gasteiger partial charge in [-0.1, -0.05) is 17.7 Å². The number of nitrogens with one attached hydrogen (secondary N) is 1. The maximum atomic E-state index is 13.2. The highest BCUT2D eigenvalue weighted by molar-refractivity contribution is 6.30. The van der Waals surface area contributed by atoms with E-state index in [9.17, 15) is 9.59 Å². The van der Waals surface area contributed by atoms with Crippen molar-refractivity contribution in [1.29, 1.82) is 5.26 Å². The molecule has 7 heteroatoms. The number of hydrogen-bond donors (Lipinski definition) is 1. The van der Waals surface area contributed by atoms with Crippen LogP contribution in [-0.2, 0) is 4.79 Å². The van der Waals surface area contributed by atoms with Crippen molar-refractivity contribution in [3.8, 4) is 11.8 Å². The third-order valence-electron chi connectivity index (χ3n) is 6.59.